The van der Waals surface area contributed by atoms with Crippen LogP contribution in [0.2, 0.25) is 0 Å². The van der Waals surface area contributed by atoms with Gasteiger partial charge >= 0.3 is 0 Å². The fraction of sp³-hybridized carbons (Fsp3) is 1.00. The first-order valence-corrected chi connectivity index (χ1v) is 9.38. The summed E-state index contributed by atoms with van der Waals surface area (Å²) in [5, 5.41) is 19.4. The number of hydrogen-bond acceptors (Lipinski definition) is 4. The van der Waals surface area contributed by atoms with Gasteiger partial charge in [-0.25, -0.2) is 5.90 Å². The topological polar surface area (TPSA) is 75.7 Å². The summed E-state index contributed by atoms with van der Waals surface area (Å²) < 4.78 is 0. The smallest absolute Gasteiger partial charge is 0.183 e. The lowest BCUT2D eigenvalue weighted by atomic mass is 9.52. The van der Waals surface area contributed by atoms with Gasteiger partial charge in [-0.1, -0.05) is 12.8 Å². The highest BCUT2D eigenvalue weighted by Gasteiger charge is 2.53. The molecule has 0 aromatic heterocycles. The van der Waals surface area contributed by atoms with E-state index in [9.17, 15) is 10.2 Å². The predicted molar refractivity (Wildman–Crippen MR) is 83.3 cm³/mol. The monoisotopic (exact) mass is 309 g/mol. The first-order chi connectivity index (χ1) is 10.6. The fourth-order valence-electron chi connectivity index (χ4n) is 6.92. The molecule has 7 atom stereocenters. The molecule has 4 fully saturated rings. The SMILES string of the molecule is NOC1(C(O)O)CC[C@H]2C(CC[C@H]3[C@@H]4CCC[C@H]4CC[C@@H]32)C1. The maximum absolute atomic E-state index is 9.72. The normalized spacial score (nSPS) is 51.3. The van der Waals surface area contributed by atoms with Crippen LogP contribution in [-0.4, -0.2) is 22.1 Å². The van der Waals surface area contributed by atoms with Crippen LogP contribution in [-0.2, 0) is 4.84 Å². The highest BCUT2D eigenvalue weighted by molar-refractivity contribution is 5.02. The summed E-state index contributed by atoms with van der Waals surface area (Å²) in [7, 11) is 0. The summed E-state index contributed by atoms with van der Waals surface area (Å²) in [6.45, 7) is 0. The van der Waals surface area contributed by atoms with Gasteiger partial charge in [-0.3, -0.25) is 4.84 Å². The molecule has 22 heavy (non-hydrogen) atoms. The Balaban J connectivity index is 1.51. The Hall–Kier alpha value is -0.160. The van der Waals surface area contributed by atoms with Gasteiger partial charge in [-0.2, -0.15) is 0 Å². The van der Waals surface area contributed by atoms with Crippen molar-refractivity contribution in [3.63, 3.8) is 0 Å². The lowest BCUT2D eigenvalue weighted by Crippen LogP contribution is -2.55. The molecule has 0 aromatic rings. The van der Waals surface area contributed by atoms with Gasteiger partial charge in [-0.05, 0) is 86.9 Å². The van der Waals surface area contributed by atoms with Crippen LogP contribution in [0.25, 0.3) is 0 Å². The summed E-state index contributed by atoms with van der Waals surface area (Å²) in [6, 6.07) is 0. The van der Waals surface area contributed by atoms with Gasteiger partial charge < -0.3 is 10.2 Å². The van der Waals surface area contributed by atoms with E-state index in [4.69, 9.17) is 10.7 Å². The highest BCUT2D eigenvalue weighted by Crippen LogP contribution is 2.59. The Kier molecular flexibility index (Phi) is 4.00. The number of hydrogen-bond donors (Lipinski definition) is 3. The molecule has 4 aliphatic rings. The van der Waals surface area contributed by atoms with Crippen LogP contribution in [0.1, 0.15) is 64.2 Å². The van der Waals surface area contributed by atoms with E-state index in [0.717, 1.165) is 42.4 Å². The Morgan fingerprint density at radius 2 is 1.50 bits per heavy atom. The van der Waals surface area contributed by atoms with E-state index < -0.39 is 11.9 Å². The van der Waals surface area contributed by atoms with E-state index in [1.165, 1.54) is 44.9 Å². The first-order valence-electron chi connectivity index (χ1n) is 9.38. The van der Waals surface area contributed by atoms with Crippen molar-refractivity contribution in [3.8, 4) is 0 Å². The largest absolute Gasteiger partial charge is 0.366 e. The second-order valence-electron chi connectivity index (χ2n) is 8.56. The number of rotatable bonds is 2. The van der Waals surface area contributed by atoms with Crippen molar-refractivity contribution in [2.75, 3.05) is 0 Å². The zero-order chi connectivity index (χ0) is 15.3. The Morgan fingerprint density at radius 3 is 2.18 bits per heavy atom. The number of aliphatic hydroxyl groups excluding tert-OH is 1. The lowest BCUT2D eigenvalue weighted by molar-refractivity contribution is -0.241. The van der Waals surface area contributed by atoms with E-state index in [1.54, 1.807) is 0 Å². The molecule has 4 aliphatic carbocycles. The molecule has 0 aromatic carbocycles. The zero-order valence-corrected chi connectivity index (χ0v) is 13.5. The van der Waals surface area contributed by atoms with Gasteiger partial charge in [0.1, 0.15) is 5.60 Å². The molecule has 0 aliphatic heterocycles. The lowest BCUT2D eigenvalue weighted by Gasteiger charge is -2.54. The van der Waals surface area contributed by atoms with Crippen molar-refractivity contribution in [2.45, 2.75) is 76.1 Å². The van der Waals surface area contributed by atoms with E-state index in [1.807, 2.05) is 0 Å². The maximum atomic E-state index is 9.72. The fourth-order valence-corrected chi connectivity index (χ4v) is 6.92. The van der Waals surface area contributed by atoms with E-state index in [2.05, 4.69) is 0 Å². The third-order valence-corrected chi connectivity index (χ3v) is 7.93. The van der Waals surface area contributed by atoms with Crippen LogP contribution in [0, 0.1) is 35.5 Å². The Bertz CT molecular complexity index is 415. The first kappa shape index (κ1) is 15.4. The van der Waals surface area contributed by atoms with Crippen LogP contribution in [0.3, 0.4) is 0 Å². The Labute approximate surface area is 133 Å². The molecule has 2 unspecified atom stereocenters. The van der Waals surface area contributed by atoms with Crippen LogP contribution < -0.4 is 5.90 Å². The molecule has 4 heteroatoms. The van der Waals surface area contributed by atoms with Crippen molar-refractivity contribution in [2.24, 2.45) is 41.4 Å². The molecule has 0 amide bonds. The van der Waals surface area contributed by atoms with Crippen LogP contribution >= 0.6 is 0 Å². The van der Waals surface area contributed by atoms with Gasteiger partial charge in [0.2, 0.25) is 0 Å². The van der Waals surface area contributed by atoms with Gasteiger partial charge in [0.15, 0.2) is 6.29 Å². The molecule has 0 spiro atoms. The molecule has 0 saturated heterocycles. The second-order valence-corrected chi connectivity index (χ2v) is 8.56. The van der Waals surface area contributed by atoms with Crippen molar-refractivity contribution >= 4 is 0 Å². The van der Waals surface area contributed by atoms with Gasteiger partial charge in [0, 0.05) is 0 Å². The summed E-state index contributed by atoms with van der Waals surface area (Å²) in [4.78, 5) is 5.09. The Morgan fingerprint density at radius 1 is 0.818 bits per heavy atom. The summed E-state index contributed by atoms with van der Waals surface area (Å²) in [6.07, 6.45) is 10.8. The maximum Gasteiger partial charge on any atom is 0.183 e. The van der Waals surface area contributed by atoms with Crippen molar-refractivity contribution < 1.29 is 15.1 Å². The van der Waals surface area contributed by atoms with E-state index in [0.29, 0.717) is 12.3 Å². The van der Waals surface area contributed by atoms with Crippen LogP contribution in [0.4, 0.5) is 0 Å². The van der Waals surface area contributed by atoms with Crippen molar-refractivity contribution in [3.05, 3.63) is 0 Å². The molecular formula is C18H31NO3. The van der Waals surface area contributed by atoms with Crippen molar-refractivity contribution in [1.82, 2.24) is 0 Å². The third-order valence-electron chi connectivity index (χ3n) is 7.93. The molecule has 4 N–H and O–H groups in total. The minimum Gasteiger partial charge on any atom is -0.366 e. The summed E-state index contributed by atoms with van der Waals surface area (Å²) in [5.41, 5.74) is -0.918. The van der Waals surface area contributed by atoms with Crippen LogP contribution in [0.5, 0.6) is 0 Å². The minimum absolute atomic E-state index is 0.568. The van der Waals surface area contributed by atoms with Gasteiger partial charge in [-0.15, -0.1) is 0 Å². The number of nitrogens with two attached hydrogens (primary N) is 1. The standard InChI is InChI=1S/C18H31NO3/c19-22-18(17(20)21)9-8-14-12(10-18)5-7-15-13-3-1-2-11(13)4-6-16(14)15/h11-17,20-21H,1-10,19H2/t11-,12?,13+,14-,15-,16+,18?/m0/s1. The van der Waals surface area contributed by atoms with Crippen LogP contribution in [0.15, 0.2) is 0 Å². The molecule has 0 radical (unpaired) electrons. The molecule has 0 heterocycles. The third kappa shape index (κ3) is 2.26. The quantitative estimate of drug-likeness (QED) is 0.541. The van der Waals surface area contributed by atoms with Gasteiger partial charge in [0.05, 0.1) is 0 Å². The minimum atomic E-state index is -1.46. The molecule has 4 saturated carbocycles. The molecular weight excluding hydrogens is 278 g/mol. The van der Waals surface area contributed by atoms with E-state index >= 15 is 0 Å². The van der Waals surface area contributed by atoms with Crippen molar-refractivity contribution in [1.29, 1.82) is 0 Å². The number of aliphatic hydroxyl groups is 2. The van der Waals surface area contributed by atoms with Gasteiger partial charge in [0.25, 0.3) is 0 Å². The zero-order valence-electron chi connectivity index (χ0n) is 13.5. The summed E-state index contributed by atoms with van der Waals surface area (Å²) >= 11 is 0. The summed E-state index contributed by atoms with van der Waals surface area (Å²) in [5.74, 6) is 10.6. The predicted octanol–water partition coefficient (Wildman–Crippen LogP) is 2.58. The molecule has 4 rings (SSSR count). The average Bonchev–Trinajstić information content (AvgIpc) is 3.02. The average molecular weight is 309 g/mol. The highest BCUT2D eigenvalue weighted by atomic mass is 16.7. The number of fused-ring (bicyclic) bond motifs is 5. The molecule has 0 bridgehead atoms. The molecule has 126 valence electrons. The van der Waals surface area contributed by atoms with E-state index in [-0.39, 0.29) is 0 Å². The second kappa shape index (κ2) is 5.73. The molecule has 4 nitrogen and oxygen atoms in total.